The summed E-state index contributed by atoms with van der Waals surface area (Å²) in [6, 6.07) is 4.83. The van der Waals surface area contributed by atoms with Gasteiger partial charge in [-0.3, -0.25) is 0 Å². The first-order valence-corrected chi connectivity index (χ1v) is 6.31. The van der Waals surface area contributed by atoms with Gasteiger partial charge in [0.2, 0.25) is 0 Å². The van der Waals surface area contributed by atoms with E-state index in [1.807, 2.05) is 0 Å². The average Bonchev–Trinajstić information content (AvgIpc) is 2.81. The van der Waals surface area contributed by atoms with Crippen LogP contribution >= 0.6 is 0 Å². The zero-order chi connectivity index (χ0) is 15.9. The molecule has 1 atom stereocenters. The number of hydrogen-bond donors (Lipinski definition) is 1. The SMILES string of the molecule is COC(c1cc(F)cc(F)c1)c1nc2cc(F)c(F)cc2[nH]1. The number of fused-ring (bicyclic) bond motifs is 1. The van der Waals surface area contributed by atoms with E-state index in [2.05, 4.69) is 9.97 Å². The van der Waals surface area contributed by atoms with Gasteiger partial charge in [0, 0.05) is 25.3 Å². The van der Waals surface area contributed by atoms with Crippen molar-refractivity contribution in [1.82, 2.24) is 9.97 Å². The topological polar surface area (TPSA) is 37.9 Å². The predicted octanol–water partition coefficient (Wildman–Crippen LogP) is 3.86. The van der Waals surface area contributed by atoms with Gasteiger partial charge in [0.1, 0.15) is 23.6 Å². The van der Waals surface area contributed by atoms with Crippen molar-refractivity contribution in [2.75, 3.05) is 7.11 Å². The Morgan fingerprint density at radius 3 is 2.23 bits per heavy atom. The lowest BCUT2D eigenvalue weighted by molar-refractivity contribution is 0.129. The van der Waals surface area contributed by atoms with Crippen LogP contribution in [0.15, 0.2) is 30.3 Å². The third kappa shape index (κ3) is 2.55. The van der Waals surface area contributed by atoms with Gasteiger partial charge in [-0.05, 0) is 17.7 Å². The Morgan fingerprint density at radius 1 is 0.955 bits per heavy atom. The van der Waals surface area contributed by atoms with Crippen molar-refractivity contribution in [2.24, 2.45) is 0 Å². The number of nitrogens with one attached hydrogen (secondary N) is 1. The number of ether oxygens (including phenoxy) is 1. The monoisotopic (exact) mass is 310 g/mol. The summed E-state index contributed by atoms with van der Waals surface area (Å²) in [5, 5.41) is 0. The molecule has 0 spiro atoms. The van der Waals surface area contributed by atoms with Crippen molar-refractivity contribution < 1.29 is 22.3 Å². The van der Waals surface area contributed by atoms with Gasteiger partial charge in [-0.25, -0.2) is 22.5 Å². The lowest BCUT2D eigenvalue weighted by atomic mass is 10.1. The van der Waals surface area contributed by atoms with Crippen LogP contribution in [0.1, 0.15) is 17.5 Å². The molecule has 0 aliphatic heterocycles. The second kappa shape index (κ2) is 5.42. The molecule has 3 nitrogen and oxygen atoms in total. The van der Waals surface area contributed by atoms with Crippen LogP contribution in [0, 0.1) is 23.3 Å². The minimum Gasteiger partial charge on any atom is -0.369 e. The highest BCUT2D eigenvalue weighted by atomic mass is 19.2. The number of H-pyrrole nitrogens is 1. The molecule has 1 heterocycles. The Balaban J connectivity index is 2.10. The van der Waals surface area contributed by atoms with Crippen LogP contribution in [0.5, 0.6) is 0 Å². The summed E-state index contributed by atoms with van der Waals surface area (Å²) >= 11 is 0. The van der Waals surface area contributed by atoms with E-state index < -0.39 is 29.4 Å². The minimum absolute atomic E-state index is 0.188. The maximum atomic E-state index is 13.3. The van der Waals surface area contributed by atoms with Crippen molar-refractivity contribution >= 4 is 11.0 Å². The third-order valence-corrected chi connectivity index (χ3v) is 3.21. The van der Waals surface area contributed by atoms with Gasteiger partial charge in [0.15, 0.2) is 11.6 Å². The molecule has 22 heavy (non-hydrogen) atoms. The lowest BCUT2D eigenvalue weighted by Crippen LogP contribution is -2.06. The van der Waals surface area contributed by atoms with Crippen molar-refractivity contribution in [3.63, 3.8) is 0 Å². The summed E-state index contributed by atoms with van der Waals surface area (Å²) in [5.41, 5.74) is 0.639. The van der Waals surface area contributed by atoms with Gasteiger partial charge in [-0.15, -0.1) is 0 Å². The third-order valence-electron chi connectivity index (χ3n) is 3.21. The normalized spacial score (nSPS) is 12.8. The van der Waals surface area contributed by atoms with E-state index in [0.29, 0.717) is 0 Å². The summed E-state index contributed by atoms with van der Waals surface area (Å²) in [4.78, 5) is 6.85. The van der Waals surface area contributed by atoms with E-state index in [1.54, 1.807) is 0 Å². The van der Waals surface area contributed by atoms with E-state index >= 15 is 0 Å². The van der Waals surface area contributed by atoms with Crippen molar-refractivity contribution in [2.45, 2.75) is 6.10 Å². The number of rotatable bonds is 3. The highest BCUT2D eigenvalue weighted by molar-refractivity contribution is 5.75. The number of aromatic nitrogens is 2. The first-order valence-electron chi connectivity index (χ1n) is 6.31. The van der Waals surface area contributed by atoms with E-state index in [0.717, 1.165) is 30.3 Å². The van der Waals surface area contributed by atoms with E-state index in [1.165, 1.54) is 7.11 Å². The summed E-state index contributed by atoms with van der Waals surface area (Å²) < 4.78 is 58.3. The highest BCUT2D eigenvalue weighted by Crippen LogP contribution is 2.27. The molecule has 0 radical (unpaired) electrons. The van der Waals surface area contributed by atoms with Crippen LogP contribution < -0.4 is 0 Å². The van der Waals surface area contributed by atoms with Crippen molar-refractivity contribution in [1.29, 1.82) is 0 Å². The van der Waals surface area contributed by atoms with Crippen molar-refractivity contribution in [3.8, 4) is 0 Å². The Morgan fingerprint density at radius 2 is 1.59 bits per heavy atom. The molecule has 0 aliphatic carbocycles. The van der Waals surface area contributed by atoms with Crippen LogP contribution in [0.2, 0.25) is 0 Å². The second-order valence-electron chi connectivity index (χ2n) is 4.72. The molecule has 2 aromatic carbocycles. The average molecular weight is 310 g/mol. The largest absolute Gasteiger partial charge is 0.369 e. The maximum absolute atomic E-state index is 13.3. The smallest absolute Gasteiger partial charge is 0.161 e. The molecule has 7 heteroatoms. The van der Waals surface area contributed by atoms with E-state index in [4.69, 9.17) is 4.74 Å². The predicted molar refractivity (Wildman–Crippen MR) is 71.2 cm³/mol. The fourth-order valence-corrected chi connectivity index (χ4v) is 2.28. The van der Waals surface area contributed by atoms with E-state index in [9.17, 15) is 17.6 Å². The molecule has 1 unspecified atom stereocenters. The summed E-state index contributed by atoms with van der Waals surface area (Å²) in [6.45, 7) is 0. The molecular weight excluding hydrogens is 300 g/mol. The fraction of sp³-hybridized carbons (Fsp3) is 0.133. The van der Waals surface area contributed by atoms with Crippen LogP contribution in [0.25, 0.3) is 11.0 Å². The van der Waals surface area contributed by atoms with Gasteiger partial charge < -0.3 is 9.72 Å². The Hall–Kier alpha value is -2.41. The first-order chi connectivity index (χ1) is 10.5. The summed E-state index contributed by atoms with van der Waals surface area (Å²) in [7, 11) is 1.34. The molecule has 1 aromatic heterocycles. The fourth-order valence-electron chi connectivity index (χ4n) is 2.28. The van der Waals surface area contributed by atoms with Crippen LogP contribution in [-0.2, 0) is 4.74 Å². The Bertz CT molecular complexity index is 788. The molecule has 0 bridgehead atoms. The molecule has 3 rings (SSSR count). The molecular formula is C15H10F4N2O. The van der Waals surface area contributed by atoms with Crippen LogP contribution in [-0.4, -0.2) is 17.1 Å². The number of methoxy groups -OCH3 is 1. The molecule has 0 aliphatic rings. The number of aromatic amines is 1. The highest BCUT2D eigenvalue weighted by Gasteiger charge is 2.20. The molecule has 0 amide bonds. The molecule has 3 aromatic rings. The van der Waals surface area contributed by atoms with Crippen LogP contribution in [0.3, 0.4) is 0 Å². The number of hydrogen-bond acceptors (Lipinski definition) is 2. The van der Waals surface area contributed by atoms with Crippen LogP contribution in [0.4, 0.5) is 17.6 Å². The zero-order valence-corrected chi connectivity index (χ0v) is 11.3. The number of imidazole rings is 1. The van der Waals surface area contributed by atoms with E-state index in [-0.39, 0.29) is 22.4 Å². The number of nitrogens with zero attached hydrogens (tertiary/aromatic N) is 1. The molecule has 0 saturated heterocycles. The quantitative estimate of drug-likeness (QED) is 0.746. The molecule has 1 N–H and O–H groups in total. The lowest BCUT2D eigenvalue weighted by Gasteiger charge is -2.13. The summed E-state index contributed by atoms with van der Waals surface area (Å²) in [5.74, 6) is -3.38. The molecule has 114 valence electrons. The van der Waals surface area contributed by atoms with Gasteiger partial charge in [-0.1, -0.05) is 0 Å². The van der Waals surface area contributed by atoms with Gasteiger partial charge in [0.25, 0.3) is 0 Å². The molecule has 0 fully saturated rings. The zero-order valence-electron chi connectivity index (χ0n) is 11.3. The minimum atomic E-state index is -1.03. The van der Waals surface area contributed by atoms with Gasteiger partial charge >= 0.3 is 0 Å². The Labute approximate surface area is 122 Å². The van der Waals surface area contributed by atoms with Gasteiger partial charge in [0.05, 0.1) is 11.0 Å². The summed E-state index contributed by atoms with van der Waals surface area (Å²) in [6.07, 6.45) is -0.899. The maximum Gasteiger partial charge on any atom is 0.161 e. The number of halogens is 4. The second-order valence-corrected chi connectivity index (χ2v) is 4.72. The van der Waals surface area contributed by atoms with Crippen molar-refractivity contribution in [3.05, 3.63) is 65.0 Å². The first kappa shape index (κ1) is 14.5. The Kier molecular flexibility index (Phi) is 3.58. The standard InChI is InChI=1S/C15H10F4N2O/c1-22-14(7-2-8(16)4-9(17)3-7)15-20-12-5-10(18)11(19)6-13(12)21-15/h2-6,14H,1H3,(H,20,21). The number of benzene rings is 2. The van der Waals surface area contributed by atoms with Gasteiger partial charge in [-0.2, -0.15) is 0 Å². The molecule has 0 saturated carbocycles.